The fraction of sp³-hybridized carbons (Fsp3) is 0.286. The second-order valence-corrected chi connectivity index (χ2v) is 5.49. The second-order valence-electron chi connectivity index (χ2n) is 5.49. The van der Waals surface area contributed by atoms with Gasteiger partial charge in [-0.2, -0.15) is 4.68 Å². The molecule has 5 heteroatoms. The van der Waals surface area contributed by atoms with E-state index in [2.05, 4.69) is 41.1 Å². The van der Waals surface area contributed by atoms with Gasteiger partial charge in [0.1, 0.15) is 5.82 Å². The molecule has 2 aromatic heterocycles. The molecule has 0 bridgehead atoms. The molecule has 0 spiro atoms. The molecule has 0 saturated heterocycles. The number of aromatic nitrogens is 5. The van der Waals surface area contributed by atoms with Crippen molar-refractivity contribution in [2.24, 2.45) is 0 Å². The summed E-state index contributed by atoms with van der Waals surface area (Å²) in [6.45, 7) is 6.26. The maximum atomic E-state index is 4.61. The van der Waals surface area contributed by atoms with Gasteiger partial charge in [-0.3, -0.25) is 0 Å². The Kier molecular flexibility index (Phi) is 2.55. The first-order chi connectivity index (χ1) is 9.05. The Balaban J connectivity index is 2.22. The number of hydrogen-bond acceptors (Lipinski definition) is 4. The van der Waals surface area contributed by atoms with Gasteiger partial charge in [-0.1, -0.05) is 44.2 Å². The average molecular weight is 253 g/mol. The van der Waals surface area contributed by atoms with Gasteiger partial charge in [-0.25, -0.2) is 9.97 Å². The Morgan fingerprint density at radius 1 is 1.05 bits per heavy atom. The highest BCUT2D eigenvalue weighted by atomic mass is 15.4. The maximum absolute atomic E-state index is 4.61. The lowest BCUT2D eigenvalue weighted by molar-refractivity contribution is 0.547. The number of benzene rings is 1. The number of nitrogens with zero attached hydrogens (tertiary/aromatic N) is 5. The molecule has 0 aliphatic carbocycles. The normalized spacial score (nSPS) is 11.9. The molecule has 3 rings (SSSR count). The van der Waals surface area contributed by atoms with Crippen molar-refractivity contribution in [1.82, 2.24) is 25.0 Å². The third-order valence-corrected chi connectivity index (χ3v) is 2.86. The predicted octanol–water partition coefficient (Wildman–Crippen LogP) is 2.51. The van der Waals surface area contributed by atoms with Crippen LogP contribution in [0.2, 0.25) is 0 Å². The van der Waals surface area contributed by atoms with Crippen molar-refractivity contribution in [2.45, 2.75) is 26.2 Å². The largest absolute Gasteiger partial charge is 0.238 e. The van der Waals surface area contributed by atoms with E-state index in [1.54, 1.807) is 10.9 Å². The molecule has 0 N–H and O–H groups in total. The maximum Gasteiger partial charge on any atom is 0.187 e. The Hall–Kier alpha value is -2.30. The molecule has 96 valence electrons. The van der Waals surface area contributed by atoms with Crippen LogP contribution in [-0.4, -0.2) is 25.0 Å². The van der Waals surface area contributed by atoms with Crippen LogP contribution in [0.4, 0.5) is 0 Å². The zero-order valence-corrected chi connectivity index (χ0v) is 11.2. The van der Waals surface area contributed by atoms with Crippen LogP contribution in [0.5, 0.6) is 0 Å². The smallest absolute Gasteiger partial charge is 0.187 e. The first kappa shape index (κ1) is 11.8. The highest BCUT2D eigenvalue weighted by Gasteiger charge is 2.19. The average Bonchev–Trinajstić information content (AvgIpc) is 2.81. The molecule has 0 aliphatic rings. The second kappa shape index (κ2) is 4.12. The zero-order valence-electron chi connectivity index (χ0n) is 11.2. The van der Waals surface area contributed by atoms with E-state index in [-0.39, 0.29) is 5.41 Å². The first-order valence-electron chi connectivity index (χ1n) is 6.20. The lowest BCUT2D eigenvalue weighted by atomic mass is 9.96. The Morgan fingerprint density at radius 2 is 1.79 bits per heavy atom. The van der Waals surface area contributed by atoms with Gasteiger partial charge in [-0.05, 0) is 12.1 Å². The summed E-state index contributed by atoms with van der Waals surface area (Å²) in [5, 5.41) is 8.26. The summed E-state index contributed by atoms with van der Waals surface area (Å²) < 4.78 is 1.74. The summed E-state index contributed by atoms with van der Waals surface area (Å²) >= 11 is 0. The van der Waals surface area contributed by atoms with Crippen LogP contribution in [0.3, 0.4) is 0 Å². The summed E-state index contributed by atoms with van der Waals surface area (Å²) in [6, 6.07) is 9.86. The van der Waals surface area contributed by atoms with Crippen molar-refractivity contribution in [2.75, 3.05) is 0 Å². The van der Waals surface area contributed by atoms with Crippen molar-refractivity contribution in [3.05, 3.63) is 42.4 Å². The van der Waals surface area contributed by atoms with Crippen LogP contribution < -0.4 is 0 Å². The van der Waals surface area contributed by atoms with Crippen LogP contribution in [0.25, 0.3) is 16.9 Å². The van der Waals surface area contributed by atoms with Gasteiger partial charge in [0, 0.05) is 5.41 Å². The number of hydrogen-bond donors (Lipinski definition) is 0. The van der Waals surface area contributed by atoms with E-state index in [0.29, 0.717) is 5.52 Å². The summed E-state index contributed by atoms with van der Waals surface area (Å²) in [5.74, 6) is 0.791. The van der Waals surface area contributed by atoms with Gasteiger partial charge >= 0.3 is 0 Å². The van der Waals surface area contributed by atoms with Crippen LogP contribution >= 0.6 is 0 Å². The van der Waals surface area contributed by atoms with Crippen molar-refractivity contribution in [3.63, 3.8) is 0 Å². The molecular formula is C14H15N5. The van der Waals surface area contributed by atoms with Crippen LogP contribution in [0.15, 0.2) is 36.5 Å². The van der Waals surface area contributed by atoms with Gasteiger partial charge in [0.25, 0.3) is 0 Å². The first-order valence-corrected chi connectivity index (χ1v) is 6.20. The summed E-state index contributed by atoms with van der Waals surface area (Å²) in [6.07, 6.45) is 1.73. The van der Waals surface area contributed by atoms with Gasteiger partial charge < -0.3 is 0 Å². The number of fused-ring (bicyclic) bond motifs is 1. The highest BCUT2D eigenvalue weighted by Crippen LogP contribution is 2.20. The minimum atomic E-state index is -0.0972. The summed E-state index contributed by atoms with van der Waals surface area (Å²) in [5.41, 5.74) is 2.30. The quantitative estimate of drug-likeness (QED) is 0.668. The fourth-order valence-electron chi connectivity index (χ4n) is 1.83. The molecule has 0 aliphatic heterocycles. The molecule has 1 aromatic carbocycles. The molecule has 5 nitrogen and oxygen atoms in total. The summed E-state index contributed by atoms with van der Waals surface area (Å²) in [4.78, 5) is 8.97. The molecule has 0 unspecified atom stereocenters. The number of para-hydroxylation sites is 1. The molecule has 0 amide bonds. The van der Waals surface area contributed by atoms with Crippen molar-refractivity contribution in [3.8, 4) is 5.69 Å². The van der Waals surface area contributed by atoms with E-state index in [1.165, 1.54) is 0 Å². The highest BCUT2D eigenvalue weighted by molar-refractivity contribution is 5.70. The summed E-state index contributed by atoms with van der Waals surface area (Å²) in [7, 11) is 0. The van der Waals surface area contributed by atoms with E-state index in [0.717, 1.165) is 17.2 Å². The Labute approximate surface area is 111 Å². The predicted molar refractivity (Wildman–Crippen MR) is 73.2 cm³/mol. The van der Waals surface area contributed by atoms with Crippen LogP contribution in [0.1, 0.15) is 26.6 Å². The van der Waals surface area contributed by atoms with Crippen LogP contribution in [-0.2, 0) is 5.41 Å². The molecule has 19 heavy (non-hydrogen) atoms. The zero-order chi connectivity index (χ0) is 13.5. The van der Waals surface area contributed by atoms with Crippen molar-refractivity contribution in [1.29, 1.82) is 0 Å². The third-order valence-electron chi connectivity index (χ3n) is 2.86. The van der Waals surface area contributed by atoms with Gasteiger partial charge in [0.05, 0.1) is 11.9 Å². The van der Waals surface area contributed by atoms with Crippen LogP contribution in [0, 0.1) is 0 Å². The van der Waals surface area contributed by atoms with E-state index >= 15 is 0 Å². The minimum absolute atomic E-state index is 0.0972. The molecule has 2 heterocycles. The van der Waals surface area contributed by atoms with Gasteiger partial charge in [0.15, 0.2) is 11.2 Å². The SMILES string of the molecule is CC(C)(C)c1ncc2nnn(-c3ccccc3)c2n1. The van der Waals surface area contributed by atoms with E-state index in [4.69, 9.17) is 0 Å². The monoisotopic (exact) mass is 253 g/mol. The fourth-order valence-corrected chi connectivity index (χ4v) is 1.83. The number of rotatable bonds is 1. The lowest BCUT2D eigenvalue weighted by Crippen LogP contribution is -2.16. The molecule has 0 radical (unpaired) electrons. The Bertz CT molecular complexity index is 710. The Morgan fingerprint density at radius 3 is 2.47 bits per heavy atom. The standard InChI is InChI=1S/C14H15N5/c1-14(2,3)13-15-9-11-12(16-13)19(18-17-11)10-7-5-4-6-8-10/h4-9H,1-3H3. The topological polar surface area (TPSA) is 56.5 Å². The molecule has 0 atom stereocenters. The molecular weight excluding hydrogens is 238 g/mol. The molecule has 3 aromatic rings. The van der Waals surface area contributed by atoms with Gasteiger partial charge in [-0.15, -0.1) is 5.10 Å². The van der Waals surface area contributed by atoms with Crippen molar-refractivity contribution >= 4 is 11.2 Å². The minimum Gasteiger partial charge on any atom is -0.238 e. The van der Waals surface area contributed by atoms with Gasteiger partial charge in [0.2, 0.25) is 0 Å². The lowest BCUT2D eigenvalue weighted by Gasteiger charge is -2.15. The molecule has 0 fully saturated rings. The van der Waals surface area contributed by atoms with E-state index in [1.807, 2.05) is 30.3 Å². The third kappa shape index (κ3) is 2.07. The molecule has 0 saturated carbocycles. The van der Waals surface area contributed by atoms with E-state index in [9.17, 15) is 0 Å². The van der Waals surface area contributed by atoms with E-state index < -0.39 is 0 Å². The van der Waals surface area contributed by atoms with Crippen molar-refractivity contribution < 1.29 is 0 Å².